The molecule has 0 spiro atoms. The summed E-state index contributed by atoms with van der Waals surface area (Å²) in [6, 6.07) is 0. The van der Waals surface area contributed by atoms with Gasteiger partial charge in [0.25, 0.3) is 0 Å². The zero-order valence-corrected chi connectivity index (χ0v) is 16.1. The fourth-order valence-electron chi connectivity index (χ4n) is 3.93. The molecule has 2 fully saturated rings. The Morgan fingerprint density at radius 3 is 2.48 bits per heavy atom. The summed E-state index contributed by atoms with van der Waals surface area (Å²) in [5.74, 6) is 0.894. The molecule has 2 rings (SSSR count). The number of carbonyl (C=O) groups is 1. The number of nitrogens with two attached hydrogens (primary N) is 1. The van der Waals surface area contributed by atoms with Gasteiger partial charge in [0, 0.05) is 26.1 Å². The number of rotatable bonds is 9. The minimum absolute atomic E-state index is 0.0920. The number of aliphatic imine (C=N–C) groups is 1. The van der Waals surface area contributed by atoms with E-state index in [1.54, 1.807) is 0 Å². The van der Waals surface area contributed by atoms with Crippen LogP contribution < -0.4 is 16.4 Å². The molecule has 0 bridgehead atoms. The van der Waals surface area contributed by atoms with Gasteiger partial charge in [0.1, 0.15) is 0 Å². The first-order valence-electron chi connectivity index (χ1n) is 10.0. The number of guanidine groups is 1. The van der Waals surface area contributed by atoms with Crippen LogP contribution >= 0.6 is 0 Å². The Morgan fingerprint density at radius 2 is 1.96 bits per heavy atom. The van der Waals surface area contributed by atoms with Crippen LogP contribution in [0.15, 0.2) is 4.99 Å². The maximum Gasteiger partial charge on any atom is 0.220 e. The Bertz CT molecular complexity index is 434. The molecule has 2 aliphatic rings. The maximum absolute atomic E-state index is 11.2. The molecular formula is C19H37N5O. The monoisotopic (exact) mass is 351 g/mol. The van der Waals surface area contributed by atoms with Crippen LogP contribution in [0.5, 0.6) is 0 Å². The Morgan fingerprint density at radius 1 is 1.24 bits per heavy atom. The third-order valence-corrected chi connectivity index (χ3v) is 6.20. The summed E-state index contributed by atoms with van der Waals surface area (Å²) in [5, 5.41) is 6.94. The van der Waals surface area contributed by atoms with E-state index in [-0.39, 0.29) is 11.8 Å². The summed E-state index contributed by atoms with van der Waals surface area (Å²) < 4.78 is 0. The van der Waals surface area contributed by atoms with Gasteiger partial charge in [0.05, 0.1) is 0 Å². The average Bonchev–Trinajstić information content (AvgIpc) is 2.59. The molecule has 25 heavy (non-hydrogen) atoms. The largest absolute Gasteiger partial charge is 0.369 e. The van der Waals surface area contributed by atoms with Gasteiger partial charge in [0.15, 0.2) is 5.96 Å². The van der Waals surface area contributed by atoms with Crippen molar-refractivity contribution in [1.29, 1.82) is 0 Å². The van der Waals surface area contributed by atoms with Crippen molar-refractivity contribution in [2.75, 3.05) is 39.8 Å². The quantitative estimate of drug-likeness (QED) is 0.335. The van der Waals surface area contributed by atoms with Gasteiger partial charge >= 0.3 is 0 Å². The van der Waals surface area contributed by atoms with Gasteiger partial charge in [-0.1, -0.05) is 13.3 Å². The third-order valence-electron chi connectivity index (χ3n) is 6.20. The molecule has 6 heteroatoms. The fraction of sp³-hybridized carbons (Fsp3) is 0.895. The van der Waals surface area contributed by atoms with Crippen molar-refractivity contribution >= 4 is 11.9 Å². The van der Waals surface area contributed by atoms with Gasteiger partial charge < -0.3 is 21.3 Å². The van der Waals surface area contributed by atoms with Crippen molar-refractivity contribution in [3.63, 3.8) is 0 Å². The van der Waals surface area contributed by atoms with Crippen molar-refractivity contribution in [3.05, 3.63) is 0 Å². The van der Waals surface area contributed by atoms with Crippen LogP contribution in [0.3, 0.4) is 0 Å². The van der Waals surface area contributed by atoms with E-state index in [4.69, 9.17) is 5.73 Å². The molecule has 1 aliphatic heterocycles. The number of nitrogens with zero attached hydrogens (tertiary/aromatic N) is 2. The van der Waals surface area contributed by atoms with Crippen LogP contribution in [0, 0.1) is 11.3 Å². The lowest BCUT2D eigenvalue weighted by Crippen LogP contribution is -2.46. The molecule has 1 saturated carbocycles. The predicted octanol–water partition coefficient (Wildman–Crippen LogP) is 1.71. The number of amides is 1. The van der Waals surface area contributed by atoms with E-state index in [1.807, 2.05) is 7.05 Å². The third kappa shape index (κ3) is 6.17. The molecule has 0 unspecified atom stereocenters. The lowest BCUT2D eigenvalue weighted by Gasteiger charge is -2.41. The second kappa shape index (κ2) is 10.00. The molecule has 0 aromatic heterocycles. The van der Waals surface area contributed by atoms with E-state index >= 15 is 0 Å². The predicted molar refractivity (Wildman–Crippen MR) is 104 cm³/mol. The van der Waals surface area contributed by atoms with Crippen LogP contribution in [-0.4, -0.2) is 56.5 Å². The topological polar surface area (TPSA) is 82.8 Å². The van der Waals surface area contributed by atoms with Gasteiger partial charge in [-0.15, -0.1) is 0 Å². The van der Waals surface area contributed by atoms with Gasteiger partial charge in [-0.05, 0) is 70.0 Å². The van der Waals surface area contributed by atoms with Crippen LogP contribution in [0.1, 0.15) is 58.3 Å². The van der Waals surface area contributed by atoms with Crippen LogP contribution in [0.25, 0.3) is 0 Å². The Hall–Kier alpha value is -1.30. The van der Waals surface area contributed by atoms with Crippen LogP contribution in [0.4, 0.5) is 0 Å². The molecule has 0 radical (unpaired) electrons. The highest BCUT2D eigenvalue weighted by molar-refractivity contribution is 5.79. The summed E-state index contributed by atoms with van der Waals surface area (Å²) in [6.45, 7) is 7.41. The van der Waals surface area contributed by atoms with Crippen LogP contribution in [0.2, 0.25) is 0 Å². The van der Waals surface area contributed by atoms with Crippen molar-refractivity contribution in [2.24, 2.45) is 22.1 Å². The van der Waals surface area contributed by atoms with Crippen molar-refractivity contribution in [2.45, 2.75) is 58.3 Å². The second-order valence-corrected chi connectivity index (χ2v) is 7.79. The molecule has 144 valence electrons. The molecule has 1 amide bonds. The van der Waals surface area contributed by atoms with E-state index in [0.717, 1.165) is 57.9 Å². The van der Waals surface area contributed by atoms with E-state index in [9.17, 15) is 4.79 Å². The summed E-state index contributed by atoms with van der Waals surface area (Å²) in [7, 11) is 1.84. The molecule has 1 saturated heterocycles. The summed E-state index contributed by atoms with van der Waals surface area (Å²) >= 11 is 0. The number of hydrogen-bond acceptors (Lipinski definition) is 3. The van der Waals surface area contributed by atoms with Gasteiger partial charge in [-0.2, -0.15) is 0 Å². The van der Waals surface area contributed by atoms with E-state index in [1.165, 1.54) is 32.1 Å². The van der Waals surface area contributed by atoms with Gasteiger partial charge in [-0.3, -0.25) is 9.79 Å². The normalized spacial score (nSPS) is 21.6. The molecule has 0 aromatic carbocycles. The first kappa shape index (κ1) is 20.0. The second-order valence-electron chi connectivity index (χ2n) is 7.79. The Balaban J connectivity index is 1.52. The SMILES string of the molecule is CCC1(CNC(=NC)NCCCCN2CCC(C(N)=O)CC2)CCC1. The zero-order chi connectivity index (χ0) is 18.1. The Kier molecular flexibility index (Phi) is 8.00. The number of unbranched alkanes of at least 4 members (excludes halogenated alkanes) is 1. The number of carbonyl (C=O) groups excluding carboxylic acids is 1. The Labute approximate surface area is 153 Å². The average molecular weight is 352 g/mol. The van der Waals surface area contributed by atoms with Crippen molar-refractivity contribution in [3.8, 4) is 0 Å². The molecule has 1 heterocycles. The summed E-state index contributed by atoms with van der Waals surface area (Å²) in [5.41, 5.74) is 5.89. The maximum atomic E-state index is 11.2. The summed E-state index contributed by atoms with van der Waals surface area (Å²) in [4.78, 5) is 18.0. The van der Waals surface area contributed by atoms with Crippen LogP contribution in [-0.2, 0) is 4.79 Å². The van der Waals surface area contributed by atoms with Crippen molar-refractivity contribution in [1.82, 2.24) is 15.5 Å². The van der Waals surface area contributed by atoms with Crippen molar-refractivity contribution < 1.29 is 4.79 Å². The number of nitrogens with one attached hydrogen (secondary N) is 2. The highest BCUT2D eigenvalue weighted by atomic mass is 16.1. The lowest BCUT2D eigenvalue weighted by atomic mass is 9.67. The molecule has 1 aliphatic carbocycles. The number of primary amides is 1. The highest BCUT2D eigenvalue weighted by Crippen LogP contribution is 2.42. The number of hydrogen-bond donors (Lipinski definition) is 3. The molecule has 4 N–H and O–H groups in total. The lowest BCUT2D eigenvalue weighted by molar-refractivity contribution is -0.123. The summed E-state index contributed by atoms with van der Waals surface area (Å²) in [6.07, 6.45) is 9.47. The first-order valence-corrected chi connectivity index (χ1v) is 10.0. The first-order chi connectivity index (χ1) is 12.1. The molecule has 6 nitrogen and oxygen atoms in total. The zero-order valence-electron chi connectivity index (χ0n) is 16.1. The molecule has 0 aromatic rings. The van der Waals surface area contributed by atoms with Gasteiger partial charge in [0.2, 0.25) is 5.91 Å². The van der Waals surface area contributed by atoms with E-state index in [0.29, 0.717) is 5.41 Å². The highest BCUT2D eigenvalue weighted by Gasteiger charge is 2.34. The fourth-order valence-corrected chi connectivity index (χ4v) is 3.93. The molecule has 0 atom stereocenters. The van der Waals surface area contributed by atoms with E-state index in [2.05, 4.69) is 27.4 Å². The minimum Gasteiger partial charge on any atom is -0.369 e. The van der Waals surface area contributed by atoms with Gasteiger partial charge in [-0.25, -0.2) is 0 Å². The molecular weight excluding hydrogens is 314 g/mol. The number of likely N-dealkylation sites (tertiary alicyclic amines) is 1. The van der Waals surface area contributed by atoms with E-state index < -0.39 is 0 Å². The number of piperidine rings is 1. The smallest absolute Gasteiger partial charge is 0.220 e. The standard InChI is InChI=1S/C19H37N5O/c1-3-19(9-6-10-19)15-23-18(21-2)22-11-4-5-12-24-13-7-16(8-14-24)17(20)25/h16H,3-15H2,1-2H3,(H2,20,25)(H2,21,22,23). The minimum atomic E-state index is -0.130.